The van der Waals surface area contributed by atoms with Crippen LogP contribution < -0.4 is 5.32 Å². The van der Waals surface area contributed by atoms with Crippen molar-refractivity contribution < 1.29 is 19.2 Å². The molecule has 1 N–H and O–H groups in total. The van der Waals surface area contributed by atoms with Crippen LogP contribution >= 0.6 is 11.6 Å². The number of nitro benzene ring substituents is 1. The van der Waals surface area contributed by atoms with E-state index in [0.29, 0.717) is 0 Å². The van der Waals surface area contributed by atoms with E-state index in [1.807, 2.05) is 24.3 Å². The number of ether oxygens (including phenoxy) is 1. The molecule has 3 rings (SSSR count). The molecule has 7 nitrogen and oxygen atoms in total. The van der Waals surface area contributed by atoms with E-state index in [4.69, 9.17) is 16.3 Å². The Hall–Kier alpha value is -2.93. The number of hydrogen-bond donors (Lipinski definition) is 1. The highest BCUT2D eigenvalue weighted by atomic mass is 35.5. The van der Waals surface area contributed by atoms with Gasteiger partial charge in [-0.15, -0.1) is 0 Å². The van der Waals surface area contributed by atoms with Crippen LogP contribution in [0.1, 0.15) is 40.4 Å². The summed E-state index contributed by atoms with van der Waals surface area (Å²) in [4.78, 5) is 34.3. The van der Waals surface area contributed by atoms with Gasteiger partial charge in [-0.1, -0.05) is 35.9 Å². The van der Waals surface area contributed by atoms with Gasteiger partial charge < -0.3 is 10.1 Å². The molecule has 0 bridgehead atoms. The molecule has 8 heteroatoms. The zero-order valence-electron chi connectivity index (χ0n) is 14.3. The number of nitro groups is 1. The lowest BCUT2D eigenvalue weighted by atomic mass is 9.88. The smallest absolute Gasteiger partial charge is 0.340 e. The fourth-order valence-electron chi connectivity index (χ4n) is 3.13. The number of esters is 1. The standard InChI is InChI=1S/C19H17ClN2O5/c20-16-10-13(22(25)26)8-9-15(16)19(24)27-11-18(23)21-17-7-3-5-12-4-1-2-6-14(12)17/h1-2,4,6,8-10,17H,3,5,7,11H2,(H,21,23)/t17-/m0/s1. The number of rotatable bonds is 5. The number of hydrogen-bond acceptors (Lipinski definition) is 5. The summed E-state index contributed by atoms with van der Waals surface area (Å²) < 4.78 is 5.00. The van der Waals surface area contributed by atoms with Crippen molar-refractivity contribution in [3.63, 3.8) is 0 Å². The van der Waals surface area contributed by atoms with Crippen molar-refractivity contribution in [2.24, 2.45) is 0 Å². The van der Waals surface area contributed by atoms with Crippen LogP contribution in [0.2, 0.25) is 5.02 Å². The normalized spacial score (nSPS) is 15.5. The molecule has 0 aliphatic heterocycles. The van der Waals surface area contributed by atoms with Gasteiger partial charge >= 0.3 is 5.97 Å². The van der Waals surface area contributed by atoms with Crippen LogP contribution in [0.5, 0.6) is 0 Å². The second-order valence-electron chi connectivity index (χ2n) is 6.21. The van der Waals surface area contributed by atoms with Crippen LogP contribution in [0.25, 0.3) is 0 Å². The summed E-state index contributed by atoms with van der Waals surface area (Å²) in [5, 5.41) is 13.5. The lowest BCUT2D eigenvalue weighted by Crippen LogP contribution is -2.34. The Bertz CT molecular complexity index is 899. The highest BCUT2D eigenvalue weighted by molar-refractivity contribution is 6.33. The van der Waals surface area contributed by atoms with E-state index in [1.165, 1.54) is 11.6 Å². The molecule has 2 aromatic carbocycles. The third-order valence-electron chi connectivity index (χ3n) is 4.42. The van der Waals surface area contributed by atoms with Crippen molar-refractivity contribution in [3.05, 3.63) is 74.3 Å². The predicted octanol–water partition coefficient (Wildman–Crippen LogP) is 3.60. The number of carbonyl (C=O) groups is 2. The van der Waals surface area contributed by atoms with Crippen LogP contribution in [-0.4, -0.2) is 23.4 Å². The molecule has 0 unspecified atom stereocenters. The Morgan fingerprint density at radius 2 is 2.04 bits per heavy atom. The van der Waals surface area contributed by atoms with Crippen LogP contribution in [0.15, 0.2) is 42.5 Å². The molecular formula is C19H17ClN2O5. The molecule has 27 heavy (non-hydrogen) atoms. The first-order valence-corrected chi connectivity index (χ1v) is 8.81. The first-order chi connectivity index (χ1) is 13.0. The minimum Gasteiger partial charge on any atom is -0.452 e. The quantitative estimate of drug-likeness (QED) is 0.479. The number of fused-ring (bicyclic) bond motifs is 1. The maximum absolute atomic E-state index is 12.2. The van der Waals surface area contributed by atoms with E-state index in [2.05, 4.69) is 5.32 Å². The first kappa shape index (κ1) is 18.8. The van der Waals surface area contributed by atoms with Crippen LogP contribution in [0.3, 0.4) is 0 Å². The fraction of sp³-hybridized carbons (Fsp3) is 0.263. The molecule has 2 aromatic rings. The average molecular weight is 389 g/mol. The molecule has 0 radical (unpaired) electrons. The van der Waals surface area contributed by atoms with Gasteiger partial charge in [-0.05, 0) is 36.5 Å². The molecule has 1 aliphatic rings. The molecule has 0 aromatic heterocycles. The number of nitrogens with zero attached hydrogens (tertiary/aromatic N) is 1. The Kier molecular flexibility index (Phi) is 5.71. The monoisotopic (exact) mass is 388 g/mol. The van der Waals surface area contributed by atoms with E-state index >= 15 is 0 Å². The van der Waals surface area contributed by atoms with E-state index in [0.717, 1.165) is 37.0 Å². The summed E-state index contributed by atoms with van der Waals surface area (Å²) in [6.45, 7) is -0.454. The number of benzene rings is 2. The number of nitrogens with one attached hydrogen (secondary N) is 1. The van der Waals surface area contributed by atoms with Crippen molar-refractivity contribution in [2.75, 3.05) is 6.61 Å². The largest absolute Gasteiger partial charge is 0.452 e. The van der Waals surface area contributed by atoms with E-state index in [-0.39, 0.29) is 22.3 Å². The lowest BCUT2D eigenvalue weighted by Gasteiger charge is -2.26. The summed E-state index contributed by atoms with van der Waals surface area (Å²) in [5.74, 6) is -1.22. The lowest BCUT2D eigenvalue weighted by molar-refractivity contribution is -0.384. The molecule has 1 aliphatic carbocycles. The summed E-state index contributed by atoms with van der Waals surface area (Å²) >= 11 is 5.89. The van der Waals surface area contributed by atoms with Gasteiger partial charge in [0.15, 0.2) is 6.61 Å². The minimum absolute atomic E-state index is 0.0296. The van der Waals surface area contributed by atoms with E-state index in [1.54, 1.807) is 0 Å². The third-order valence-corrected chi connectivity index (χ3v) is 4.74. The molecule has 1 atom stereocenters. The molecule has 0 saturated heterocycles. The minimum atomic E-state index is -0.811. The van der Waals surface area contributed by atoms with Crippen molar-refractivity contribution >= 4 is 29.2 Å². The molecule has 0 saturated carbocycles. The number of amides is 1. The van der Waals surface area contributed by atoms with E-state index in [9.17, 15) is 19.7 Å². The first-order valence-electron chi connectivity index (χ1n) is 8.44. The van der Waals surface area contributed by atoms with Gasteiger partial charge in [-0.3, -0.25) is 14.9 Å². The summed E-state index contributed by atoms with van der Waals surface area (Å²) in [6, 6.07) is 11.3. The Labute approximate surface area is 160 Å². The zero-order chi connectivity index (χ0) is 19.4. The predicted molar refractivity (Wildman–Crippen MR) is 98.7 cm³/mol. The Morgan fingerprint density at radius 1 is 1.26 bits per heavy atom. The van der Waals surface area contributed by atoms with Crippen molar-refractivity contribution in [1.82, 2.24) is 5.32 Å². The number of aryl methyl sites for hydroxylation is 1. The third kappa shape index (κ3) is 4.43. The summed E-state index contributed by atoms with van der Waals surface area (Å²) in [5.41, 5.74) is 2.04. The summed E-state index contributed by atoms with van der Waals surface area (Å²) in [6.07, 6.45) is 2.78. The number of halogens is 1. The maximum atomic E-state index is 12.2. The highest BCUT2D eigenvalue weighted by Crippen LogP contribution is 2.29. The molecule has 0 heterocycles. The zero-order valence-corrected chi connectivity index (χ0v) is 15.1. The van der Waals surface area contributed by atoms with E-state index < -0.39 is 23.4 Å². The van der Waals surface area contributed by atoms with Crippen molar-refractivity contribution in [3.8, 4) is 0 Å². The average Bonchev–Trinajstić information content (AvgIpc) is 2.66. The van der Waals surface area contributed by atoms with Crippen LogP contribution in [-0.2, 0) is 16.0 Å². The SMILES string of the molecule is O=C(COC(=O)c1ccc([N+](=O)[O-])cc1Cl)N[C@H]1CCCc2ccccc21. The van der Waals surface area contributed by atoms with Gasteiger partial charge in [0.05, 0.1) is 21.6 Å². The maximum Gasteiger partial charge on any atom is 0.340 e. The van der Waals surface area contributed by atoms with Crippen LogP contribution in [0.4, 0.5) is 5.69 Å². The number of carbonyl (C=O) groups excluding carboxylic acids is 2. The molecule has 1 amide bonds. The van der Waals surface area contributed by atoms with Gasteiger partial charge in [-0.2, -0.15) is 0 Å². The topological polar surface area (TPSA) is 98.5 Å². The second kappa shape index (κ2) is 8.18. The highest BCUT2D eigenvalue weighted by Gasteiger charge is 2.22. The Balaban J connectivity index is 1.58. The van der Waals surface area contributed by atoms with Crippen molar-refractivity contribution in [2.45, 2.75) is 25.3 Å². The molecule has 140 valence electrons. The number of non-ortho nitro benzene ring substituents is 1. The molecular weight excluding hydrogens is 372 g/mol. The summed E-state index contributed by atoms with van der Waals surface area (Å²) in [7, 11) is 0. The van der Waals surface area contributed by atoms with Gasteiger partial charge in [0.2, 0.25) is 0 Å². The Morgan fingerprint density at radius 3 is 2.78 bits per heavy atom. The second-order valence-corrected chi connectivity index (χ2v) is 6.62. The fourth-order valence-corrected chi connectivity index (χ4v) is 3.38. The van der Waals surface area contributed by atoms with Gasteiger partial charge in [0.1, 0.15) is 0 Å². The van der Waals surface area contributed by atoms with Crippen molar-refractivity contribution in [1.29, 1.82) is 0 Å². The molecule has 0 fully saturated rings. The molecule has 0 spiro atoms. The van der Waals surface area contributed by atoms with Crippen LogP contribution in [0, 0.1) is 10.1 Å². The van der Waals surface area contributed by atoms with Gasteiger partial charge in [0, 0.05) is 12.1 Å². The van der Waals surface area contributed by atoms with Gasteiger partial charge in [-0.25, -0.2) is 4.79 Å². The van der Waals surface area contributed by atoms with Gasteiger partial charge in [0.25, 0.3) is 11.6 Å².